The molecule has 0 saturated carbocycles. The first kappa shape index (κ1) is 20.5. The molecule has 0 aliphatic carbocycles. The monoisotopic (exact) mass is 433 g/mol. The Morgan fingerprint density at radius 1 is 0.848 bits per heavy atom. The van der Waals surface area contributed by atoms with Crippen LogP contribution in [0.15, 0.2) is 97.3 Å². The molecule has 0 aliphatic heterocycles. The van der Waals surface area contributed by atoms with E-state index in [4.69, 9.17) is 9.72 Å². The quantitative estimate of drug-likeness (QED) is 0.357. The van der Waals surface area contributed by atoms with Crippen molar-refractivity contribution in [1.29, 1.82) is 0 Å². The van der Waals surface area contributed by atoms with Crippen molar-refractivity contribution in [2.45, 2.75) is 6.92 Å². The Hall–Kier alpha value is -4.38. The fourth-order valence-corrected chi connectivity index (χ4v) is 3.89. The van der Waals surface area contributed by atoms with E-state index < -0.39 is 0 Å². The van der Waals surface area contributed by atoms with Crippen LogP contribution in [0.2, 0.25) is 0 Å². The van der Waals surface area contributed by atoms with Gasteiger partial charge in [0.15, 0.2) is 5.65 Å². The number of benzene rings is 3. The molecule has 162 valence electrons. The number of carbonyl (C=O) groups excluding carboxylic acids is 1. The Labute approximate surface area is 192 Å². The summed E-state index contributed by atoms with van der Waals surface area (Å²) in [4.78, 5) is 17.7. The van der Waals surface area contributed by atoms with Gasteiger partial charge in [-0.15, -0.1) is 0 Å². The lowest BCUT2D eigenvalue weighted by Gasteiger charge is -2.09. The van der Waals surface area contributed by atoms with Crippen LogP contribution in [0.4, 0.5) is 5.69 Å². The number of methoxy groups -OCH3 is 1. The number of nitrogens with one attached hydrogen (secondary N) is 1. The molecule has 5 aromatic rings. The van der Waals surface area contributed by atoms with Crippen LogP contribution < -0.4 is 10.1 Å². The summed E-state index contributed by atoms with van der Waals surface area (Å²) in [5.74, 6) is 0.428. The van der Waals surface area contributed by atoms with Crippen molar-refractivity contribution in [2.24, 2.45) is 0 Å². The zero-order valence-electron chi connectivity index (χ0n) is 18.4. The van der Waals surface area contributed by atoms with E-state index in [0.29, 0.717) is 22.6 Å². The lowest BCUT2D eigenvalue weighted by molar-refractivity contribution is 0.102. The summed E-state index contributed by atoms with van der Waals surface area (Å²) in [6.07, 6.45) is 3.99. The predicted octanol–water partition coefficient (Wildman–Crippen LogP) is 6.24. The first-order valence-electron chi connectivity index (χ1n) is 10.7. The van der Waals surface area contributed by atoms with Crippen LogP contribution in [0.3, 0.4) is 0 Å². The van der Waals surface area contributed by atoms with Gasteiger partial charge >= 0.3 is 0 Å². The van der Waals surface area contributed by atoms with Gasteiger partial charge < -0.3 is 14.5 Å². The smallest absolute Gasteiger partial charge is 0.255 e. The topological polar surface area (TPSA) is 55.6 Å². The summed E-state index contributed by atoms with van der Waals surface area (Å²) in [5.41, 5.74) is 7.10. The normalized spacial score (nSPS) is 10.8. The molecule has 0 bridgehead atoms. The van der Waals surface area contributed by atoms with E-state index in [1.807, 2.05) is 54.0 Å². The lowest BCUT2D eigenvalue weighted by atomic mass is 10.0. The molecule has 0 fully saturated rings. The SMILES string of the molecule is COc1cccc(C(=O)Nc2cc(C)cn3cc(-c4ccc(-c5ccccc5)cc4)nc23)c1. The van der Waals surface area contributed by atoms with Crippen LogP contribution in [-0.2, 0) is 0 Å². The van der Waals surface area contributed by atoms with Crippen molar-refractivity contribution in [2.75, 3.05) is 12.4 Å². The van der Waals surface area contributed by atoms with Gasteiger partial charge in [-0.25, -0.2) is 4.98 Å². The van der Waals surface area contributed by atoms with E-state index >= 15 is 0 Å². The zero-order valence-corrected chi connectivity index (χ0v) is 18.4. The molecule has 0 atom stereocenters. The predicted molar refractivity (Wildman–Crippen MR) is 132 cm³/mol. The van der Waals surface area contributed by atoms with Crippen LogP contribution in [0.25, 0.3) is 28.0 Å². The standard InChI is InChI=1S/C28H23N3O2/c1-19-15-25(30-28(32)23-9-6-10-24(16-23)33-2)27-29-26(18-31(27)17-19)22-13-11-21(12-14-22)20-7-4-3-5-8-20/h3-18H,1-2H3,(H,30,32). The van der Waals surface area contributed by atoms with Crippen LogP contribution in [0.5, 0.6) is 5.75 Å². The third kappa shape index (κ3) is 4.21. The summed E-state index contributed by atoms with van der Waals surface area (Å²) < 4.78 is 7.19. The minimum Gasteiger partial charge on any atom is -0.497 e. The summed E-state index contributed by atoms with van der Waals surface area (Å²) in [5, 5.41) is 3.01. The van der Waals surface area contributed by atoms with Crippen LogP contribution in [-0.4, -0.2) is 22.4 Å². The first-order valence-corrected chi connectivity index (χ1v) is 10.7. The average molecular weight is 434 g/mol. The molecule has 0 saturated heterocycles. The van der Waals surface area contributed by atoms with Crippen LogP contribution >= 0.6 is 0 Å². The van der Waals surface area contributed by atoms with Crippen LogP contribution in [0, 0.1) is 6.92 Å². The number of pyridine rings is 1. The second-order valence-electron chi connectivity index (χ2n) is 7.92. The van der Waals surface area contributed by atoms with Crippen LogP contribution in [0.1, 0.15) is 15.9 Å². The van der Waals surface area contributed by atoms with Gasteiger partial charge in [-0.05, 0) is 47.9 Å². The highest BCUT2D eigenvalue weighted by Crippen LogP contribution is 2.27. The second kappa shape index (κ2) is 8.63. The molecule has 5 rings (SSSR count). The summed E-state index contributed by atoms with van der Waals surface area (Å²) in [6, 6.07) is 27.7. The van der Waals surface area contributed by atoms with Crippen molar-refractivity contribution in [3.63, 3.8) is 0 Å². The molecular formula is C28H23N3O2. The minimum absolute atomic E-state index is 0.210. The molecule has 33 heavy (non-hydrogen) atoms. The summed E-state index contributed by atoms with van der Waals surface area (Å²) >= 11 is 0. The first-order chi connectivity index (χ1) is 16.1. The third-order valence-corrected chi connectivity index (χ3v) is 5.56. The number of ether oxygens (including phenoxy) is 1. The molecule has 0 radical (unpaired) electrons. The number of carbonyl (C=O) groups is 1. The van der Waals surface area contributed by atoms with Crippen molar-refractivity contribution in [3.8, 4) is 28.1 Å². The number of anilines is 1. The Morgan fingerprint density at radius 3 is 2.33 bits per heavy atom. The van der Waals surface area contributed by atoms with Gasteiger partial charge in [-0.3, -0.25) is 4.79 Å². The van der Waals surface area contributed by atoms with Gasteiger partial charge in [-0.1, -0.05) is 60.7 Å². The lowest BCUT2D eigenvalue weighted by Crippen LogP contribution is -2.13. The number of fused-ring (bicyclic) bond motifs is 1. The van der Waals surface area contributed by atoms with Gasteiger partial charge in [0.25, 0.3) is 5.91 Å². The van der Waals surface area contributed by atoms with E-state index in [1.165, 1.54) is 5.56 Å². The zero-order chi connectivity index (χ0) is 22.8. The largest absolute Gasteiger partial charge is 0.497 e. The molecule has 2 heterocycles. The number of nitrogens with zero attached hydrogens (tertiary/aromatic N) is 2. The second-order valence-corrected chi connectivity index (χ2v) is 7.92. The molecule has 1 N–H and O–H groups in total. The van der Waals surface area contributed by atoms with Crippen molar-refractivity contribution in [1.82, 2.24) is 9.38 Å². The Balaban J connectivity index is 1.47. The number of aryl methyl sites for hydroxylation is 1. The van der Waals surface area contributed by atoms with Crippen molar-refractivity contribution >= 4 is 17.2 Å². The van der Waals surface area contributed by atoms with E-state index in [2.05, 4.69) is 41.7 Å². The Kier molecular flexibility index (Phi) is 5.37. The molecule has 3 aromatic carbocycles. The minimum atomic E-state index is -0.210. The summed E-state index contributed by atoms with van der Waals surface area (Å²) in [6.45, 7) is 2.00. The van der Waals surface area contributed by atoms with Gasteiger partial charge in [0.1, 0.15) is 5.75 Å². The number of hydrogen-bond donors (Lipinski definition) is 1. The van der Waals surface area contributed by atoms with Gasteiger partial charge in [0.05, 0.1) is 18.5 Å². The number of imidazole rings is 1. The maximum Gasteiger partial charge on any atom is 0.255 e. The molecule has 0 unspecified atom stereocenters. The maximum absolute atomic E-state index is 12.9. The van der Waals surface area contributed by atoms with E-state index in [9.17, 15) is 4.79 Å². The van der Waals surface area contributed by atoms with E-state index in [1.54, 1.807) is 25.3 Å². The molecular weight excluding hydrogens is 410 g/mol. The Bertz CT molecular complexity index is 1440. The fourth-order valence-electron chi connectivity index (χ4n) is 3.89. The highest BCUT2D eigenvalue weighted by atomic mass is 16.5. The van der Waals surface area contributed by atoms with E-state index in [-0.39, 0.29) is 5.91 Å². The highest BCUT2D eigenvalue weighted by molar-refractivity contribution is 6.06. The molecule has 5 nitrogen and oxygen atoms in total. The number of hydrogen-bond acceptors (Lipinski definition) is 3. The number of rotatable bonds is 5. The fraction of sp³-hybridized carbons (Fsp3) is 0.0714. The number of amides is 1. The molecule has 0 aliphatic rings. The third-order valence-electron chi connectivity index (χ3n) is 5.56. The number of aromatic nitrogens is 2. The van der Waals surface area contributed by atoms with Gasteiger partial charge in [-0.2, -0.15) is 0 Å². The Morgan fingerprint density at radius 2 is 1.58 bits per heavy atom. The van der Waals surface area contributed by atoms with Crippen molar-refractivity contribution in [3.05, 3.63) is 108 Å². The summed E-state index contributed by atoms with van der Waals surface area (Å²) in [7, 11) is 1.58. The highest BCUT2D eigenvalue weighted by Gasteiger charge is 2.13. The maximum atomic E-state index is 12.9. The molecule has 5 heteroatoms. The van der Waals surface area contributed by atoms with Gasteiger partial charge in [0.2, 0.25) is 0 Å². The molecule has 1 amide bonds. The molecule has 0 spiro atoms. The molecule has 2 aromatic heterocycles. The van der Waals surface area contributed by atoms with Gasteiger partial charge in [0, 0.05) is 23.5 Å². The van der Waals surface area contributed by atoms with E-state index in [0.717, 1.165) is 22.4 Å². The van der Waals surface area contributed by atoms with Crippen molar-refractivity contribution < 1.29 is 9.53 Å². The average Bonchev–Trinajstić information content (AvgIpc) is 3.29.